The van der Waals surface area contributed by atoms with Crippen molar-refractivity contribution in [2.75, 3.05) is 0 Å². The van der Waals surface area contributed by atoms with Crippen LogP contribution in [0.1, 0.15) is 11.8 Å². The van der Waals surface area contributed by atoms with Crippen LogP contribution in [0.25, 0.3) is 0 Å². The topological polar surface area (TPSA) is 22.1 Å². The quantitative estimate of drug-likeness (QED) is 0.751. The highest BCUT2D eigenvalue weighted by atomic mass is 35.5. The zero-order chi connectivity index (χ0) is 12.4. The highest BCUT2D eigenvalue weighted by Crippen LogP contribution is 2.34. The number of aryl methyl sites for hydroxylation is 1. The van der Waals surface area contributed by atoms with E-state index in [2.05, 4.69) is 4.98 Å². The minimum Gasteiger partial charge on any atom is -0.431 e. The number of benzene rings is 1. The normalized spacial score (nSPS) is 10.6. The van der Waals surface area contributed by atoms with Crippen LogP contribution in [0.2, 0.25) is 15.2 Å². The van der Waals surface area contributed by atoms with Gasteiger partial charge in [-0.05, 0) is 18.6 Å². The Balaban J connectivity index is 2.22. The molecule has 0 saturated heterocycles. The third-order valence-corrected chi connectivity index (χ3v) is 4.29. The first-order valence-electron chi connectivity index (χ1n) is 4.88. The van der Waals surface area contributed by atoms with Gasteiger partial charge < -0.3 is 4.74 Å². The van der Waals surface area contributed by atoms with Gasteiger partial charge in [-0.25, -0.2) is 0 Å². The van der Waals surface area contributed by atoms with E-state index in [0.29, 0.717) is 26.1 Å². The smallest absolute Gasteiger partial charge is 0.280 e. The van der Waals surface area contributed by atoms with Gasteiger partial charge in [-0.15, -0.1) is 0 Å². The average Bonchev–Trinajstić information content (AvgIpc) is 2.64. The second-order valence-corrected chi connectivity index (χ2v) is 5.44. The van der Waals surface area contributed by atoms with Crippen LogP contribution >= 0.6 is 46.1 Å². The van der Waals surface area contributed by atoms with E-state index in [1.54, 1.807) is 18.2 Å². The SMILES string of the molecule is CCc1sc(Oc2ccc(Cl)c(Cl)c2)nc1Cl. The Morgan fingerprint density at radius 1 is 1.24 bits per heavy atom. The molecule has 2 aromatic rings. The summed E-state index contributed by atoms with van der Waals surface area (Å²) in [5.41, 5.74) is 0. The van der Waals surface area contributed by atoms with Gasteiger partial charge in [0.2, 0.25) is 0 Å². The van der Waals surface area contributed by atoms with Crippen LogP contribution in [0.15, 0.2) is 18.2 Å². The highest BCUT2D eigenvalue weighted by Gasteiger charge is 2.10. The molecule has 1 heterocycles. The Kier molecular flexibility index (Phi) is 4.15. The van der Waals surface area contributed by atoms with Crippen LogP contribution in [0.4, 0.5) is 0 Å². The molecule has 0 amide bonds. The Hall–Kier alpha value is -0.480. The molecule has 0 aliphatic rings. The highest BCUT2D eigenvalue weighted by molar-refractivity contribution is 7.14. The molecule has 2 nitrogen and oxygen atoms in total. The van der Waals surface area contributed by atoms with E-state index in [0.717, 1.165) is 11.3 Å². The van der Waals surface area contributed by atoms with Gasteiger partial charge in [-0.3, -0.25) is 0 Å². The molecule has 6 heteroatoms. The van der Waals surface area contributed by atoms with Gasteiger partial charge in [0.05, 0.1) is 10.0 Å². The van der Waals surface area contributed by atoms with Gasteiger partial charge in [-0.2, -0.15) is 4.98 Å². The van der Waals surface area contributed by atoms with Crippen LogP contribution in [0.5, 0.6) is 10.9 Å². The van der Waals surface area contributed by atoms with E-state index in [-0.39, 0.29) is 0 Å². The Morgan fingerprint density at radius 3 is 2.59 bits per heavy atom. The maximum absolute atomic E-state index is 5.94. The van der Waals surface area contributed by atoms with Crippen LogP contribution in [0.3, 0.4) is 0 Å². The van der Waals surface area contributed by atoms with Crippen molar-refractivity contribution in [2.45, 2.75) is 13.3 Å². The van der Waals surface area contributed by atoms with Crippen LogP contribution < -0.4 is 4.74 Å². The molecule has 2 rings (SSSR count). The maximum atomic E-state index is 5.94. The molecule has 90 valence electrons. The number of hydrogen-bond acceptors (Lipinski definition) is 3. The molecule has 0 saturated carbocycles. The van der Waals surface area contributed by atoms with Crippen molar-refractivity contribution in [3.05, 3.63) is 38.3 Å². The summed E-state index contributed by atoms with van der Waals surface area (Å²) in [6.45, 7) is 2.02. The fraction of sp³-hybridized carbons (Fsp3) is 0.182. The minimum atomic E-state index is 0.447. The zero-order valence-corrected chi connectivity index (χ0v) is 11.9. The molecule has 0 atom stereocenters. The molecule has 0 aliphatic heterocycles. The summed E-state index contributed by atoms with van der Waals surface area (Å²) in [6, 6.07) is 5.05. The van der Waals surface area contributed by atoms with Gasteiger partial charge in [0.1, 0.15) is 10.9 Å². The summed E-state index contributed by atoms with van der Waals surface area (Å²) in [7, 11) is 0. The van der Waals surface area contributed by atoms with Crippen LogP contribution in [0, 0.1) is 0 Å². The van der Waals surface area contributed by atoms with Crippen molar-refractivity contribution >= 4 is 46.1 Å². The minimum absolute atomic E-state index is 0.447. The van der Waals surface area contributed by atoms with Crippen molar-refractivity contribution in [3.63, 3.8) is 0 Å². The van der Waals surface area contributed by atoms with Crippen LogP contribution in [-0.4, -0.2) is 4.98 Å². The molecule has 0 aliphatic carbocycles. The third kappa shape index (κ3) is 3.05. The Labute approximate surface area is 118 Å². The monoisotopic (exact) mass is 307 g/mol. The fourth-order valence-electron chi connectivity index (χ4n) is 1.22. The summed E-state index contributed by atoms with van der Waals surface area (Å²) in [6.07, 6.45) is 0.835. The average molecular weight is 309 g/mol. The van der Waals surface area contributed by atoms with Crippen molar-refractivity contribution in [1.82, 2.24) is 4.98 Å². The molecule has 0 bridgehead atoms. The van der Waals surface area contributed by atoms with Gasteiger partial charge in [0.15, 0.2) is 0 Å². The lowest BCUT2D eigenvalue weighted by Crippen LogP contribution is -1.82. The second-order valence-electron chi connectivity index (χ2n) is 3.23. The first-order chi connectivity index (χ1) is 8.10. The number of thiazole rings is 1. The first-order valence-corrected chi connectivity index (χ1v) is 6.83. The van der Waals surface area contributed by atoms with Crippen LogP contribution in [-0.2, 0) is 6.42 Å². The molecule has 1 aromatic carbocycles. The van der Waals surface area contributed by atoms with E-state index in [9.17, 15) is 0 Å². The first kappa shape index (κ1) is 13.0. The molecule has 1 aromatic heterocycles. The summed E-state index contributed by atoms with van der Waals surface area (Å²) in [4.78, 5) is 5.12. The number of hydrogen-bond donors (Lipinski definition) is 0. The standard InChI is InChI=1S/C11H8Cl3NOS/c1-2-9-10(14)15-11(17-9)16-6-3-4-7(12)8(13)5-6/h3-5H,2H2,1H3. The molecule has 17 heavy (non-hydrogen) atoms. The zero-order valence-electron chi connectivity index (χ0n) is 8.84. The summed E-state index contributed by atoms with van der Waals surface area (Å²) < 4.78 is 5.56. The predicted molar refractivity (Wildman–Crippen MR) is 73.0 cm³/mol. The van der Waals surface area contributed by atoms with Crippen molar-refractivity contribution in [2.24, 2.45) is 0 Å². The number of ether oxygens (including phenoxy) is 1. The van der Waals surface area contributed by atoms with E-state index in [4.69, 9.17) is 39.5 Å². The van der Waals surface area contributed by atoms with Gasteiger partial charge >= 0.3 is 0 Å². The molecule has 0 radical (unpaired) electrons. The number of nitrogens with zero attached hydrogens (tertiary/aromatic N) is 1. The number of aromatic nitrogens is 1. The summed E-state index contributed by atoms with van der Waals surface area (Å²) in [5.74, 6) is 0.590. The van der Waals surface area contributed by atoms with Gasteiger partial charge in [0.25, 0.3) is 5.19 Å². The molecular formula is C11H8Cl3NOS. The number of halogens is 3. The fourth-order valence-corrected chi connectivity index (χ4v) is 2.64. The lowest BCUT2D eigenvalue weighted by atomic mass is 10.3. The molecular weight excluding hydrogens is 301 g/mol. The molecule has 0 spiro atoms. The Morgan fingerprint density at radius 2 is 2.00 bits per heavy atom. The van der Waals surface area contributed by atoms with Gasteiger partial charge in [-0.1, -0.05) is 53.1 Å². The lowest BCUT2D eigenvalue weighted by molar-refractivity contribution is 0.479. The summed E-state index contributed by atoms with van der Waals surface area (Å²) >= 11 is 19.1. The van der Waals surface area contributed by atoms with E-state index >= 15 is 0 Å². The molecule has 0 unspecified atom stereocenters. The van der Waals surface area contributed by atoms with Crippen molar-refractivity contribution < 1.29 is 4.74 Å². The maximum Gasteiger partial charge on any atom is 0.280 e. The second kappa shape index (κ2) is 5.44. The Bertz CT molecular complexity index is 542. The van der Waals surface area contributed by atoms with Crippen molar-refractivity contribution in [1.29, 1.82) is 0 Å². The van der Waals surface area contributed by atoms with Gasteiger partial charge in [0, 0.05) is 10.9 Å². The van der Waals surface area contributed by atoms with E-state index in [1.165, 1.54) is 11.3 Å². The lowest BCUT2D eigenvalue weighted by Gasteiger charge is -2.02. The largest absolute Gasteiger partial charge is 0.431 e. The molecule has 0 fully saturated rings. The summed E-state index contributed by atoms with van der Waals surface area (Å²) in [5, 5.41) is 1.94. The third-order valence-electron chi connectivity index (χ3n) is 2.05. The van der Waals surface area contributed by atoms with E-state index < -0.39 is 0 Å². The van der Waals surface area contributed by atoms with E-state index in [1.807, 2.05) is 6.92 Å². The number of rotatable bonds is 3. The van der Waals surface area contributed by atoms with Crippen molar-refractivity contribution in [3.8, 4) is 10.9 Å². The predicted octanol–water partition coefficient (Wildman–Crippen LogP) is 5.46. The molecule has 0 N–H and O–H groups in total.